The largest absolute Gasteiger partial charge is 0.418 e. The average molecular weight is 369 g/mol. The molecular weight excluding hydrogens is 355 g/mol. The van der Waals surface area contributed by atoms with Gasteiger partial charge in [-0.25, -0.2) is 0 Å². The number of hydrogen-bond donors (Lipinski definition) is 2. The molecule has 0 heterocycles. The van der Waals surface area contributed by atoms with Crippen molar-refractivity contribution in [3.8, 4) is 0 Å². The molecule has 0 aliphatic rings. The first kappa shape index (κ1) is 18.7. The van der Waals surface area contributed by atoms with Crippen molar-refractivity contribution < 1.29 is 18.1 Å². The second kappa shape index (κ2) is 7.47. The van der Waals surface area contributed by atoms with Crippen LogP contribution in [0.25, 0.3) is 0 Å². The van der Waals surface area contributed by atoms with Gasteiger partial charge in [0.2, 0.25) is 0 Å². The molecule has 1 atom stereocenters. The lowest BCUT2D eigenvalue weighted by Crippen LogP contribution is -2.31. The minimum Gasteiger partial charge on any atom is -0.356 e. The van der Waals surface area contributed by atoms with Gasteiger partial charge >= 0.3 is 6.18 Å². The van der Waals surface area contributed by atoms with Crippen LogP contribution in [0.15, 0.2) is 48.5 Å². The van der Waals surface area contributed by atoms with Gasteiger partial charge in [-0.05, 0) is 30.8 Å². The zero-order valence-electron chi connectivity index (χ0n) is 13.0. The first-order valence-corrected chi connectivity index (χ1v) is 7.57. The van der Waals surface area contributed by atoms with Crippen molar-refractivity contribution in [2.45, 2.75) is 19.1 Å². The van der Waals surface area contributed by atoms with Crippen LogP contribution in [0.4, 0.5) is 24.5 Å². The highest BCUT2D eigenvalue weighted by Crippen LogP contribution is 2.37. The molecule has 2 aromatic rings. The normalized spacial score (nSPS) is 12.3. The number of hydrogen-bond acceptors (Lipinski definition) is 3. The summed E-state index contributed by atoms with van der Waals surface area (Å²) in [5.74, 6) is 0. The number of nitro groups is 1. The summed E-state index contributed by atoms with van der Waals surface area (Å²) in [6.45, 7) is 1.81. The van der Waals surface area contributed by atoms with E-state index in [4.69, 9.17) is 12.2 Å². The van der Waals surface area contributed by atoms with Crippen LogP contribution in [0.1, 0.15) is 24.1 Å². The zero-order valence-corrected chi connectivity index (χ0v) is 13.8. The highest BCUT2D eigenvalue weighted by molar-refractivity contribution is 7.80. The molecule has 5 nitrogen and oxygen atoms in total. The Hall–Kier alpha value is -2.68. The number of nitrogens with one attached hydrogen (secondary N) is 2. The number of halogens is 3. The van der Waals surface area contributed by atoms with Gasteiger partial charge in [-0.3, -0.25) is 10.1 Å². The van der Waals surface area contributed by atoms with E-state index in [1.807, 2.05) is 37.3 Å². The second-order valence-corrected chi connectivity index (χ2v) is 5.62. The van der Waals surface area contributed by atoms with E-state index in [0.29, 0.717) is 6.07 Å². The van der Waals surface area contributed by atoms with Crippen LogP contribution in [0, 0.1) is 10.1 Å². The van der Waals surface area contributed by atoms with E-state index in [1.165, 1.54) is 0 Å². The Bertz CT molecular complexity index is 782. The van der Waals surface area contributed by atoms with Crippen LogP contribution in [-0.4, -0.2) is 10.0 Å². The summed E-state index contributed by atoms with van der Waals surface area (Å²) in [6.07, 6.45) is -4.75. The van der Waals surface area contributed by atoms with Gasteiger partial charge in [-0.1, -0.05) is 30.3 Å². The minimum absolute atomic E-state index is 0.0179. The third-order valence-electron chi connectivity index (χ3n) is 3.41. The van der Waals surface area contributed by atoms with Crippen LogP contribution in [0.2, 0.25) is 0 Å². The minimum atomic E-state index is -4.75. The molecule has 0 fully saturated rings. The number of anilines is 1. The van der Waals surface area contributed by atoms with Crippen LogP contribution in [-0.2, 0) is 6.18 Å². The van der Waals surface area contributed by atoms with E-state index in [2.05, 4.69) is 10.6 Å². The van der Waals surface area contributed by atoms with Crippen molar-refractivity contribution in [3.63, 3.8) is 0 Å². The van der Waals surface area contributed by atoms with Crippen molar-refractivity contribution >= 4 is 28.7 Å². The number of alkyl halides is 3. The molecule has 0 bridgehead atoms. The number of rotatable bonds is 4. The molecule has 25 heavy (non-hydrogen) atoms. The van der Waals surface area contributed by atoms with Crippen LogP contribution < -0.4 is 10.6 Å². The fraction of sp³-hybridized carbons (Fsp3) is 0.188. The number of non-ortho nitro benzene ring substituents is 1. The third kappa shape index (κ3) is 4.90. The summed E-state index contributed by atoms with van der Waals surface area (Å²) in [5.41, 5.74) is -1.24. The van der Waals surface area contributed by atoms with Gasteiger partial charge in [0.05, 0.1) is 22.2 Å². The number of nitro benzene ring substituents is 1. The SMILES string of the molecule is CC(NC(=S)Nc1ccc([N+](=O)[O-])cc1C(F)(F)F)c1ccccc1. The summed E-state index contributed by atoms with van der Waals surface area (Å²) in [5, 5.41) is 16.0. The predicted octanol–water partition coefficient (Wildman–Crippen LogP) is 4.66. The van der Waals surface area contributed by atoms with Crippen LogP contribution in [0.3, 0.4) is 0 Å². The Balaban J connectivity index is 2.19. The van der Waals surface area contributed by atoms with Crippen molar-refractivity contribution in [3.05, 3.63) is 69.8 Å². The lowest BCUT2D eigenvalue weighted by Gasteiger charge is -2.19. The Morgan fingerprint density at radius 1 is 1.20 bits per heavy atom. The van der Waals surface area contributed by atoms with Crippen molar-refractivity contribution in [2.75, 3.05) is 5.32 Å². The quantitative estimate of drug-likeness (QED) is 0.466. The average Bonchev–Trinajstić information content (AvgIpc) is 2.54. The summed E-state index contributed by atoms with van der Waals surface area (Å²) < 4.78 is 39.4. The predicted molar refractivity (Wildman–Crippen MR) is 92.3 cm³/mol. The van der Waals surface area contributed by atoms with E-state index in [9.17, 15) is 23.3 Å². The maximum Gasteiger partial charge on any atom is 0.418 e. The third-order valence-corrected chi connectivity index (χ3v) is 3.63. The summed E-state index contributed by atoms with van der Waals surface area (Å²) in [6, 6.07) is 11.5. The summed E-state index contributed by atoms with van der Waals surface area (Å²) >= 11 is 5.06. The van der Waals surface area contributed by atoms with Crippen LogP contribution in [0.5, 0.6) is 0 Å². The van der Waals surface area contributed by atoms with E-state index in [1.54, 1.807) is 0 Å². The van der Waals surface area contributed by atoms with Gasteiger partial charge in [0.25, 0.3) is 5.69 Å². The van der Waals surface area contributed by atoms with Crippen molar-refractivity contribution in [2.24, 2.45) is 0 Å². The summed E-state index contributed by atoms with van der Waals surface area (Å²) in [4.78, 5) is 9.81. The second-order valence-electron chi connectivity index (χ2n) is 5.22. The van der Waals surface area contributed by atoms with Gasteiger partial charge in [0.1, 0.15) is 0 Å². The molecule has 0 saturated heterocycles. The Kier molecular flexibility index (Phi) is 5.58. The molecule has 1 unspecified atom stereocenters. The fourth-order valence-corrected chi connectivity index (χ4v) is 2.46. The number of nitrogens with zero attached hydrogens (tertiary/aromatic N) is 1. The monoisotopic (exact) mass is 369 g/mol. The van der Waals surface area contributed by atoms with Gasteiger partial charge in [0.15, 0.2) is 5.11 Å². The molecule has 132 valence electrons. The highest BCUT2D eigenvalue weighted by Gasteiger charge is 2.35. The first-order chi connectivity index (χ1) is 11.7. The number of benzene rings is 2. The first-order valence-electron chi connectivity index (χ1n) is 7.16. The molecule has 0 aliphatic heterocycles. The summed E-state index contributed by atoms with van der Waals surface area (Å²) in [7, 11) is 0. The van der Waals surface area contributed by atoms with Gasteiger partial charge < -0.3 is 10.6 Å². The van der Waals surface area contributed by atoms with Gasteiger partial charge in [-0.15, -0.1) is 0 Å². The molecule has 0 aliphatic carbocycles. The zero-order chi connectivity index (χ0) is 18.6. The Labute approximate surface area is 147 Å². The Morgan fingerprint density at radius 3 is 2.40 bits per heavy atom. The van der Waals surface area contributed by atoms with Crippen molar-refractivity contribution in [1.29, 1.82) is 0 Å². The molecule has 0 spiro atoms. The molecule has 0 radical (unpaired) electrons. The smallest absolute Gasteiger partial charge is 0.356 e. The molecule has 9 heteroatoms. The van der Waals surface area contributed by atoms with E-state index >= 15 is 0 Å². The van der Waals surface area contributed by atoms with Crippen LogP contribution >= 0.6 is 12.2 Å². The standard InChI is InChI=1S/C16H14F3N3O2S/c1-10(11-5-3-2-4-6-11)20-15(25)21-14-8-7-12(22(23)24)9-13(14)16(17,18)19/h2-10H,1H3,(H2,20,21,25). The molecule has 0 aromatic heterocycles. The molecule has 2 N–H and O–H groups in total. The molecular formula is C16H14F3N3O2S. The highest BCUT2D eigenvalue weighted by atomic mass is 32.1. The fourth-order valence-electron chi connectivity index (χ4n) is 2.17. The van der Waals surface area contributed by atoms with E-state index in [0.717, 1.165) is 17.7 Å². The molecule has 0 amide bonds. The molecule has 2 aromatic carbocycles. The van der Waals surface area contributed by atoms with Gasteiger partial charge in [0, 0.05) is 12.1 Å². The lowest BCUT2D eigenvalue weighted by atomic mass is 10.1. The maximum absolute atomic E-state index is 13.1. The molecule has 2 rings (SSSR count). The van der Waals surface area contributed by atoms with E-state index in [-0.39, 0.29) is 16.8 Å². The maximum atomic E-state index is 13.1. The van der Waals surface area contributed by atoms with Gasteiger partial charge in [-0.2, -0.15) is 13.2 Å². The Morgan fingerprint density at radius 2 is 1.84 bits per heavy atom. The number of thiocarbonyl (C=S) groups is 1. The topological polar surface area (TPSA) is 67.2 Å². The van der Waals surface area contributed by atoms with Crippen molar-refractivity contribution in [1.82, 2.24) is 5.32 Å². The van der Waals surface area contributed by atoms with E-state index < -0.39 is 22.4 Å². The molecule has 0 saturated carbocycles. The lowest BCUT2D eigenvalue weighted by molar-refractivity contribution is -0.385.